The maximum absolute atomic E-state index is 12.6. The third-order valence-electron chi connectivity index (χ3n) is 2.34. The van der Waals surface area contributed by atoms with Crippen LogP contribution in [0.3, 0.4) is 0 Å². The van der Waals surface area contributed by atoms with Gasteiger partial charge in [0.1, 0.15) is 11.6 Å². The van der Waals surface area contributed by atoms with E-state index in [2.05, 4.69) is 9.97 Å². The molecule has 20 heavy (non-hydrogen) atoms. The highest BCUT2D eigenvalue weighted by Gasteiger charge is 2.35. The average Bonchev–Trinajstić information content (AvgIpc) is 2.32. The van der Waals surface area contributed by atoms with Crippen LogP contribution in [0.15, 0.2) is 24.3 Å². The fourth-order valence-corrected chi connectivity index (χ4v) is 1.58. The number of ether oxygens (including phenoxy) is 1. The molecule has 0 aliphatic rings. The Kier molecular flexibility index (Phi) is 3.71. The Balaban J connectivity index is 2.39. The van der Waals surface area contributed by atoms with E-state index in [0.717, 1.165) is 6.07 Å². The highest BCUT2D eigenvalue weighted by Crippen LogP contribution is 2.31. The molecule has 1 aromatic carbocycles. The van der Waals surface area contributed by atoms with Gasteiger partial charge in [0, 0.05) is 11.1 Å². The molecule has 0 amide bonds. The minimum atomic E-state index is -4.70. The van der Waals surface area contributed by atoms with Gasteiger partial charge in [0.05, 0.1) is 0 Å². The molecule has 2 aromatic rings. The van der Waals surface area contributed by atoms with E-state index in [1.165, 1.54) is 6.07 Å². The van der Waals surface area contributed by atoms with Crippen molar-refractivity contribution in [3.63, 3.8) is 0 Å². The SMILES string of the molecule is Cc1ccc(Cl)cc1Oc1cc(N)nc(C(F)(F)F)n1. The Labute approximate surface area is 117 Å². The van der Waals surface area contributed by atoms with Gasteiger partial charge < -0.3 is 10.5 Å². The molecule has 2 rings (SSSR count). The van der Waals surface area contributed by atoms with Crippen molar-refractivity contribution >= 4 is 17.4 Å². The third kappa shape index (κ3) is 3.30. The lowest BCUT2D eigenvalue weighted by Crippen LogP contribution is -2.12. The molecule has 0 atom stereocenters. The molecule has 0 saturated carbocycles. The van der Waals surface area contributed by atoms with E-state index in [4.69, 9.17) is 22.1 Å². The largest absolute Gasteiger partial charge is 0.451 e. The summed E-state index contributed by atoms with van der Waals surface area (Å²) in [5, 5.41) is 0.392. The molecular formula is C12H9ClF3N3O. The Morgan fingerprint density at radius 2 is 1.90 bits per heavy atom. The molecule has 0 spiro atoms. The predicted octanol–water partition coefficient (Wildman–Crippen LogP) is 3.83. The zero-order chi connectivity index (χ0) is 14.9. The summed E-state index contributed by atoms with van der Waals surface area (Å²) in [6, 6.07) is 5.89. The topological polar surface area (TPSA) is 61.0 Å². The number of anilines is 1. The maximum Gasteiger partial charge on any atom is 0.451 e. The van der Waals surface area contributed by atoms with Crippen molar-refractivity contribution in [1.29, 1.82) is 0 Å². The first kappa shape index (κ1) is 14.4. The fraction of sp³-hybridized carbons (Fsp3) is 0.167. The van der Waals surface area contributed by atoms with Crippen LogP contribution in [0.5, 0.6) is 11.6 Å². The van der Waals surface area contributed by atoms with Crippen LogP contribution in [0.2, 0.25) is 5.02 Å². The molecule has 106 valence electrons. The van der Waals surface area contributed by atoms with Crippen molar-refractivity contribution < 1.29 is 17.9 Å². The molecular weight excluding hydrogens is 295 g/mol. The van der Waals surface area contributed by atoms with E-state index >= 15 is 0 Å². The summed E-state index contributed by atoms with van der Waals surface area (Å²) in [7, 11) is 0. The lowest BCUT2D eigenvalue weighted by Gasteiger charge is -2.11. The summed E-state index contributed by atoms with van der Waals surface area (Å²) in [5.74, 6) is -1.69. The number of benzene rings is 1. The summed E-state index contributed by atoms with van der Waals surface area (Å²) in [4.78, 5) is 6.41. The Morgan fingerprint density at radius 3 is 2.55 bits per heavy atom. The van der Waals surface area contributed by atoms with E-state index < -0.39 is 12.0 Å². The van der Waals surface area contributed by atoms with Gasteiger partial charge in [0.2, 0.25) is 11.7 Å². The van der Waals surface area contributed by atoms with Gasteiger partial charge in [-0.25, -0.2) is 4.98 Å². The van der Waals surface area contributed by atoms with Crippen LogP contribution in [-0.2, 0) is 6.18 Å². The Morgan fingerprint density at radius 1 is 1.20 bits per heavy atom. The van der Waals surface area contributed by atoms with Crippen molar-refractivity contribution in [3.05, 3.63) is 40.7 Å². The lowest BCUT2D eigenvalue weighted by atomic mass is 10.2. The number of alkyl halides is 3. The third-order valence-corrected chi connectivity index (χ3v) is 2.58. The second-order valence-corrected chi connectivity index (χ2v) is 4.40. The fourth-order valence-electron chi connectivity index (χ4n) is 1.42. The predicted molar refractivity (Wildman–Crippen MR) is 67.7 cm³/mol. The number of aromatic nitrogens is 2. The van der Waals surface area contributed by atoms with Crippen LogP contribution in [0.4, 0.5) is 19.0 Å². The molecule has 0 fully saturated rings. The number of hydrogen-bond donors (Lipinski definition) is 1. The van der Waals surface area contributed by atoms with E-state index in [0.29, 0.717) is 16.3 Å². The highest BCUT2D eigenvalue weighted by molar-refractivity contribution is 6.30. The summed E-state index contributed by atoms with van der Waals surface area (Å²) in [5.41, 5.74) is 6.02. The second kappa shape index (κ2) is 5.16. The van der Waals surface area contributed by atoms with E-state index in [1.807, 2.05) is 0 Å². The summed E-state index contributed by atoms with van der Waals surface area (Å²) >= 11 is 5.80. The van der Waals surface area contributed by atoms with Crippen LogP contribution < -0.4 is 10.5 Å². The Bertz CT molecular complexity index is 646. The van der Waals surface area contributed by atoms with E-state index in [1.54, 1.807) is 19.1 Å². The zero-order valence-corrected chi connectivity index (χ0v) is 11.0. The molecule has 0 bridgehead atoms. The van der Waals surface area contributed by atoms with Gasteiger partial charge in [-0.2, -0.15) is 18.2 Å². The van der Waals surface area contributed by atoms with Crippen molar-refractivity contribution in [2.24, 2.45) is 0 Å². The summed E-state index contributed by atoms with van der Waals surface area (Å²) < 4.78 is 43.0. The maximum atomic E-state index is 12.6. The van der Waals surface area contributed by atoms with Crippen molar-refractivity contribution in [1.82, 2.24) is 9.97 Å². The summed E-state index contributed by atoms with van der Waals surface area (Å²) in [6.07, 6.45) is -4.70. The van der Waals surface area contributed by atoms with Crippen LogP contribution in [0.25, 0.3) is 0 Å². The van der Waals surface area contributed by atoms with Crippen LogP contribution >= 0.6 is 11.6 Å². The van der Waals surface area contributed by atoms with Gasteiger partial charge in [0.25, 0.3) is 0 Å². The van der Waals surface area contributed by atoms with Gasteiger partial charge in [-0.3, -0.25) is 0 Å². The van der Waals surface area contributed by atoms with Gasteiger partial charge in [-0.1, -0.05) is 17.7 Å². The minimum absolute atomic E-state index is 0.295. The van der Waals surface area contributed by atoms with Gasteiger partial charge >= 0.3 is 6.18 Å². The molecule has 1 aromatic heterocycles. The molecule has 8 heteroatoms. The molecule has 0 radical (unpaired) electrons. The minimum Gasteiger partial charge on any atom is -0.438 e. The van der Waals surface area contributed by atoms with Gasteiger partial charge in [-0.05, 0) is 24.6 Å². The smallest absolute Gasteiger partial charge is 0.438 e. The number of nitrogen functional groups attached to an aromatic ring is 1. The molecule has 0 aliphatic heterocycles. The quantitative estimate of drug-likeness (QED) is 0.916. The first-order valence-electron chi connectivity index (χ1n) is 5.41. The molecule has 0 aliphatic carbocycles. The average molecular weight is 304 g/mol. The van der Waals surface area contributed by atoms with Crippen molar-refractivity contribution in [2.75, 3.05) is 5.73 Å². The van der Waals surface area contributed by atoms with Crippen LogP contribution in [0, 0.1) is 6.92 Å². The highest BCUT2D eigenvalue weighted by atomic mass is 35.5. The van der Waals surface area contributed by atoms with Crippen molar-refractivity contribution in [2.45, 2.75) is 13.1 Å². The normalized spacial score (nSPS) is 11.4. The number of aryl methyl sites for hydroxylation is 1. The van der Waals surface area contributed by atoms with Gasteiger partial charge in [-0.15, -0.1) is 0 Å². The monoisotopic (exact) mass is 303 g/mol. The lowest BCUT2D eigenvalue weighted by molar-refractivity contribution is -0.145. The first-order valence-corrected chi connectivity index (χ1v) is 5.79. The van der Waals surface area contributed by atoms with E-state index in [-0.39, 0.29) is 11.7 Å². The van der Waals surface area contributed by atoms with Crippen molar-refractivity contribution in [3.8, 4) is 11.6 Å². The number of rotatable bonds is 2. The molecule has 0 unspecified atom stereocenters. The molecule has 0 saturated heterocycles. The van der Waals surface area contributed by atoms with Crippen LogP contribution in [-0.4, -0.2) is 9.97 Å². The molecule has 2 N–H and O–H groups in total. The summed E-state index contributed by atoms with van der Waals surface area (Å²) in [6.45, 7) is 1.72. The number of nitrogens with zero attached hydrogens (tertiary/aromatic N) is 2. The first-order chi connectivity index (χ1) is 9.25. The molecule has 1 heterocycles. The number of nitrogens with two attached hydrogens (primary N) is 1. The number of halogens is 4. The second-order valence-electron chi connectivity index (χ2n) is 3.96. The zero-order valence-electron chi connectivity index (χ0n) is 10.2. The van der Waals surface area contributed by atoms with E-state index in [9.17, 15) is 13.2 Å². The number of hydrogen-bond acceptors (Lipinski definition) is 4. The Hall–Kier alpha value is -2.02. The standard InChI is InChI=1S/C12H9ClF3N3O/c1-6-2-3-7(13)4-8(6)20-10-5-9(17)18-11(19-10)12(14,15)16/h2-5H,1H3,(H2,17,18,19). The van der Waals surface area contributed by atoms with Gasteiger partial charge in [0.15, 0.2) is 0 Å². The molecule has 4 nitrogen and oxygen atoms in total. The van der Waals surface area contributed by atoms with Crippen LogP contribution in [0.1, 0.15) is 11.4 Å².